The lowest BCUT2D eigenvalue weighted by Gasteiger charge is -1.96. The summed E-state index contributed by atoms with van der Waals surface area (Å²) in [5.74, 6) is 0. The smallest absolute Gasteiger partial charge is 0.332 e. The summed E-state index contributed by atoms with van der Waals surface area (Å²) in [5, 5.41) is 17.2. The predicted molar refractivity (Wildman–Crippen MR) is 72.5 cm³/mol. The molecule has 0 fully saturated rings. The van der Waals surface area contributed by atoms with Crippen molar-refractivity contribution in [1.82, 2.24) is 4.98 Å². The van der Waals surface area contributed by atoms with Gasteiger partial charge in [0.1, 0.15) is 0 Å². The Morgan fingerprint density at radius 2 is 1.15 bits per heavy atom. The predicted octanol–water partition coefficient (Wildman–Crippen LogP) is -1.93. The van der Waals surface area contributed by atoms with Gasteiger partial charge in [-0.25, -0.2) is 22.0 Å². The quantitative estimate of drug-likeness (QED) is 0.278. The van der Waals surface area contributed by atoms with Crippen LogP contribution in [0.1, 0.15) is 11.4 Å². The van der Waals surface area contributed by atoms with Crippen LogP contribution >= 0.6 is 15.3 Å². The molecule has 1 rings (SSSR count). The highest BCUT2D eigenvalue weighted by atomic mass is 31.2. The normalized spacial score (nSPS) is 10.8. The summed E-state index contributed by atoms with van der Waals surface area (Å²) in [5.41, 5.74) is 18.2. The first-order valence-corrected chi connectivity index (χ1v) is 8.42. The maximum atomic E-state index is 9.33. The molecule has 0 aliphatic heterocycles. The first-order chi connectivity index (χ1) is 8.86. The molecule has 1 aromatic heterocycles. The molecule has 13 heteroatoms. The third kappa shape index (κ3) is 26.0. The average Bonchev–Trinajstić information content (AvgIpc) is 2.24. The molecule has 0 bridgehead atoms. The SMILES string of the molecule is NP(N)(=O)O.NP(N)(=O)O.OCc1cccc(CO)n1. The second-order valence-corrected chi connectivity index (χ2v) is 5.97. The highest BCUT2D eigenvalue weighted by Gasteiger charge is 1.94. The summed E-state index contributed by atoms with van der Waals surface area (Å²) >= 11 is 0. The van der Waals surface area contributed by atoms with E-state index in [0.29, 0.717) is 11.4 Å². The van der Waals surface area contributed by atoms with Gasteiger partial charge in [-0.15, -0.1) is 0 Å². The number of hydrogen-bond donors (Lipinski definition) is 8. The van der Waals surface area contributed by atoms with E-state index in [9.17, 15) is 9.13 Å². The van der Waals surface area contributed by atoms with Gasteiger partial charge < -0.3 is 20.0 Å². The Bertz CT molecular complexity index is 419. The summed E-state index contributed by atoms with van der Waals surface area (Å²) in [4.78, 5) is 19.2. The molecule has 0 saturated heterocycles. The van der Waals surface area contributed by atoms with Gasteiger partial charge in [-0.1, -0.05) is 6.07 Å². The van der Waals surface area contributed by atoms with E-state index in [-0.39, 0.29) is 13.2 Å². The van der Waals surface area contributed by atoms with Gasteiger partial charge in [-0.05, 0) is 12.1 Å². The van der Waals surface area contributed by atoms with Crippen LogP contribution in [0, 0.1) is 0 Å². The van der Waals surface area contributed by atoms with Crippen molar-refractivity contribution in [1.29, 1.82) is 0 Å². The largest absolute Gasteiger partial charge is 0.390 e. The fourth-order valence-electron chi connectivity index (χ4n) is 0.705. The lowest BCUT2D eigenvalue weighted by atomic mass is 10.3. The summed E-state index contributed by atoms with van der Waals surface area (Å²) in [7, 11) is -7.28. The van der Waals surface area contributed by atoms with Gasteiger partial charge in [0.2, 0.25) is 0 Å². The van der Waals surface area contributed by atoms with Crippen molar-refractivity contribution in [3.8, 4) is 0 Å². The number of pyridine rings is 1. The maximum absolute atomic E-state index is 9.33. The standard InChI is InChI=1S/C7H9NO2.2H5N2O2P/c9-4-6-2-1-3-7(5-10)8-6;2*1-5(2,3)4/h1-3,9-10H,4-5H2;2*(H5,1,2,3,4). The van der Waals surface area contributed by atoms with Crippen molar-refractivity contribution in [3.63, 3.8) is 0 Å². The molecule has 0 radical (unpaired) electrons. The van der Waals surface area contributed by atoms with E-state index in [1.54, 1.807) is 18.2 Å². The number of hydrogen-bond acceptors (Lipinski definition) is 5. The van der Waals surface area contributed by atoms with Gasteiger partial charge in [0.25, 0.3) is 0 Å². The molecule has 0 unspecified atom stereocenters. The zero-order valence-electron chi connectivity index (χ0n) is 10.4. The Morgan fingerprint density at radius 3 is 1.35 bits per heavy atom. The molecule has 0 aliphatic carbocycles. The van der Waals surface area contributed by atoms with Crippen molar-refractivity contribution in [2.75, 3.05) is 0 Å². The van der Waals surface area contributed by atoms with Crippen LogP contribution in [0.15, 0.2) is 18.2 Å². The van der Waals surface area contributed by atoms with Crippen LogP contribution in [0.5, 0.6) is 0 Å². The number of nitrogens with zero attached hydrogens (tertiary/aromatic N) is 1. The molecule has 0 aliphatic rings. The van der Waals surface area contributed by atoms with Gasteiger partial charge in [0, 0.05) is 0 Å². The Balaban J connectivity index is 0. The third-order valence-electron chi connectivity index (χ3n) is 1.19. The van der Waals surface area contributed by atoms with Crippen LogP contribution in [-0.2, 0) is 22.3 Å². The van der Waals surface area contributed by atoms with Crippen LogP contribution in [0.4, 0.5) is 0 Å². The van der Waals surface area contributed by atoms with Gasteiger partial charge in [-0.2, -0.15) is 0 Å². The van der Waals surface area contributed by atoms with Crippen molar-refractivity contribution < 1.29 is 29.1 Å². The first kappa shape index (κ1) is 21.6. The van der Waals surface area contributed by atoms with Crippen molar-refractivity contribution in [2.45, 2.75) is 13.2 Å². The van der Waals surface area contributed by atoms with E-state index in [0.717, 1.165) is 0 Å². The number of aromatic nitrogens is 1. The van der Waals surface area contributed by atoms with Gasteiger partial charge in [-0.3, -0.25) is 14.1 Å². The Labute approximate surface area is 115 Å². The van der Waals surface area contributed by atoms with E-state index in [1.165, 1.54) is 0 Å². The molecule has 0 saturated carbocycles. The highest BCUT2D eigenvalue weighted by molar-refractivity contribution is 7.53. The Kier molecular flexibility index (Phi) is 10.9. The van der Waals surface area contributed by atoms with Crippen LogP contribution in [-0.4, -0.2) is 25.0 Å². The number of rotatable bonds is 2. The second-order valence-electron chi connectivity index (χ2n) is 3.28. The molecule has 12 N–H and O–H groups in total. The maximum Gasteiger partial charge on any atom is 0.332 e. The van der Waals surface area contributed by atoms with Crippen LogP contribution in [0.25, 0.3) is 0 Å². The molecule has 0 atom stereocenters. The topological polar surface area (TPSA) is 232 Å². The summed E-state index contributed by atoms with van der Waals surface area (Å²) in [6.45, 7) is -0.151. The van der Waals surface area contributed by atoms with Crippen LogP contribution < -0.4 is 22.0 Å². The van der Waals surface area contributed by atoms with Crippen molar-refractivity contribution >= 4 is 15.3 Å². The zero-order valence-corrected chi connectivity index (χ0v) is 12.2. The van der Waals surface area contributed by atoms with Crippen LogP contribution in [0.3, 0.4) is 0 Å². The fraction of sp³-hybridized carbons (Fsp3) is 0.286. The monoisotopic (exact) mass is 331 g/mol. The van der Waals surface area contributed by atoms with Gasteiger partial charge >= 0.3 is 15.3 Å². The lowest BCUT2D eigenvalue weighted by Crippen LogP contribution is -2.01. The zero-order chi connectivity index (χ0) is 16.4. The minimum Gasteiger partial charge on any atom is -0.390 e. The average molecular weight is 331 g/mol. The molecule has 0 spiro atoms. The molecule has 118 valence electrons. The Hall–Kier alpha value is -0.710. The summed E-state index contributed by atoms with van der Waals surface area (Å²) < 4.78 is 18.7. The molecule has 11 nitrogen and oxygen atoms in total. The van der Waals surface area contributed by atoms with E-state index in [2.05, 4.69) is 27.0 Å². The minimum absolute atomic E-state index is 0.0756. The van der Waals surface area contributed by atoms with Crippen molar-refractivity contribution in [3.05, 3.63) is 29.6 Å². The second kappa shape index (κ2) is 10.1. The molecule has 0 amide bonds. The molecule has 0 aromatic carbocycles. The van der Waals surface area contributed by atoms with E-state index in [4.69, 9.17) is 20.0 Å². The molecule has 1 heterocycles. The van der Waals surface area contributed by atoms with E-state index < -0.39 is 15.3 Å². The minimum atomic E-state index is -3.64. The number of nitrogens with two attached hydrogens (primary N) is 4. The number of aliphatic hydroxyl groups is 2. The summed E-state index contributed by atoms with van der Waals surface area (Å²) in [6, 6.07) is 5.17. The summed E-state index contributed by atoms with van der Waals surface area (Å²) in [6.07, 6.45) is 0. The van der Waals surface area contributed by atoms with Crippen molar-refractivity contribution in [2.24, 2.45) is 22.0 Å². The molecular formula is C7H19N5O6P2. The molecule has 20 heavy (non-hydrogen) atoms. The third-order valence-corrected chi connectivity index (χ3v) is 1.19. The van der Waals surface area contributed by atoms with Gasteiger partial charge in [0.15, 0.2) is 0 Å². The molecule has 1 aromatic rings. The highest BCUT2D eigenvalue weighted by Crippen LogP contribution is 2.14. The Morgan fingerprint density at radius 1 is 0.900 bits per heavy atom. The lowest BCUT2D eigenvalue weighted by molar-refractivity contribution is 0.265. The first-order valence-electron chi connectivity index (χ1n) is 4.83. The van der Waals surface area contributed by atoms with Gasteiger partial charge in [0.05, 0.1) is 24.6 Å². The van der Waals surface area contributed by atoms with Crippen LogP contribution in [0.2, 0.25) is 0 Å². The molecular weight excluding hydrogens is 312 g/mol. The van der Waals surface area contributed by atoms with E-state index >= 15 is 0 Å². The fourth-order valence-corrected chi connectivity index (χ4v) is 0.705. The van der Waals surface area contributed by atoms with E-state index in [1.807, 2.05) is 0 Å². The number of aliphatic hydroxyl groups excluding tert-OH is 2.